The quantitative estimate of drug-likeness (QED) is 0.805. The Kier molecular flexibility index (Phi) is 3.81. The van der Waals surface area contributed by atoms with Gasteiger partial charge in [-0.3, -0.25) is 0 Å². The Morgan fingerprint density at radius 3 is 2.76 bits per heavy atom. The molecule has 0 saturated carbocycles. The highest BCUT2D eigenvalue weighted by Crippen LogP contribution is 2.36. The van der Waals surface area contributed by atoms with E-state index in [1.54, 1.807) is 25.1 Å². The summed E-state index contributed by atoms with van der Waals surface area (Å²) in [5.41, 5.74) is 1.30. The first kappa shape index (κ1) is 12.5. The van der Waals surface area contributed by atoms with Crippen LogP contribution < -0.4 is 0 Å². The van der Waals surface area contributed by atoms with Crippen LogP contribution in [0.1, 0.15) is 36.1 Å². The van der Waals surface area contributed by atoms with Crippen LogP contribution in [0.15, 0.2) is 22.7 Å². The van der Waals surface area contributed by atoms with Crippen molar-refractivity contribution in [3.8, 4) is 0 Å². The SMILES string of the molecule is CCOC(=O)c1ccc(Br)c(C2OC(C)O2)c1. The second-order valence-electron chi connectivity index (χ2n) is 3.63. The van der Waals surface area contributed by atoms with Gasteiger partial charge >= 0.3 is 5.97 Å². The minimum atomic E-state index is -0.409. The lowest BCUT2D eigenvalue weighted by Gasteiger charge is -2.34. The van der Waals surface area contributed by atoms with Gasteiger partial charge in [-0.15, -0.1) is 0 Å². The molecule has 5 heteroatoms. The second-order valence-corrected chi connectivity index (χ2v) is 4.48. The van der Waals surface area contributed by atoms with Crippen molar-refractivity contribution < 1.29 is 19.0 Å². The minimum Gasteiger partial charge on any atom is -0.462 e. The van der Waals surface area contributed by atoms with E-state index in [1.165, 1.54) is 0 Å². The number of hydrogen-bond donors (Lipinski definition) is 0. The van der Waals surface area contributed by atoms with Crippen LogP contribution in [-0.2, 0) is 14.2 Å². The molecule has 1 fully saturated rings. The van der Waals surface area contributed by atoms with Crippen LogP contribution in [0, 0.1) is 0 Å². The molecule has 1 saturated heterocycles. The first-order valence-electron chi connectivity index (χ1n) is 5.39. The predicted molar refractivity (Wildman–Crippen MR) is 64.5 cm³/mol. The molecule has 0 unspecified atom stereocenters. The Morgan fingerprint density at radius 2 is 2.18 bits per heavy atom. The maximum Gasteiger partial charge on any atom is 0.338 e. The maximum atomic E-state index is 11.6. The Hall–Kier alpha value is -0.910. The van der Waals surface area contributed by atoms with Crippen LogP contribution in [0.4, 0.5) is 0 Å². The number of ether oxygens (including phenoxy) is 3. The van der Waals surface area contributed by atoms with E-state index >= 15 is 0 Å². The van der Waals surface area contributed by atoms with Gasteiger partial charge in [-0.25, -0.2) is 4.79 Å². The Labute approximate surface area is 108 Å². The number of hydrogen-bond acceptors (Lipinski definition) is 4. The van der Waals surface area contributed by atoms with Gasteiger partial charge in [-0.2, -0.15) is 0 Å². The molecule has 2 rings (SSSR count). The van der Waals surface area contributed by atoms with Crippen LogP contribution >= 0.6 is 15.9 Å². The highest BCUT2D eigenvalue weighted by molar-refractivity contribution is 9.10. The lowest BCUT2D eigenvalue weighted by molar-refractivity contribution is -0.382. The van der Waals surface area contributed by atoms with Crippen LogP contribution in [-0.4, -0.2) is 18.9 Å². The number of esters is 1. The topological polar surface area (TPSA) is 44.8 Å². The summed E-state index contributed by atoms with van der Waals surface area (Å²) in [5, 5.41) is 0. The van der Waals surface area contributed by atoms with E-state index in [2.05, 4.69) is 15.9 Å². The van der Waals surface area contributed by atoms with Crippen molar-refractivity contribution in [1.29, 1.82) is 0 Å². The third kappa shape index (κ3) is 2.68. The summed E-state index contributed by atoms with van der Waals surface area (Å²) in [6.45, 7) is 3.95. The van der Waals surface area contributed by atoms with E-state index in [1.807, 2.05) is 6.92 Å². The highest BCUT2D eigenvalue weighted by Gasteiger charge is 2.30. The van der Waals surface area contributed by atoms with Crippen molar-refractivity contribution in [2.24, 2.45) is 0 Å². The molecule has 0 radical (unpaired) electrons. The van der Waals surface area contributed by atoms with Gasteiger partial charge < -0.3 is 14.2 Å². The predicted octanol–water partition coefficient (Wildman–Crippen LogP) is 3.02. The summed E-state index contributed by atoms with van der Waals surface area (Å²) in [6, 6.07) is 5.21. The first-order valence-corrected chi connectivity index (χ1v) is 6.18. The monoisotopic (exact) mass is 300 g/mol. The molecule has 1 aliphatic heterocycles. The van der Waals surface area contributed by atoms with E-state index in [0.717, 1.165) is 10.0 Å². The summed E-state index contributed by atoms with van der Waals surface area (Å²) >= 11 is 3.40. The van der Waals surface area contributed by atoms with Gasteiger partial charge in [0.1, 0.15) is 0 Å². The molecular weight excluding hydrogens is 288 g/mol. The van der Waals surface area contributed by atoms with Gasteiger partial charge in [0.15, 0.2) is 12.6 Å². The average Bonchev–Trinajstić information content (AvgIpc) is 2.26. The van der Waals surface area contributed by atoms with Crippen molar-refractivity contribution in [2.75, 3.05) is 6.61 Å². The molecule has 92 valence electrons. The first-order chi connectivity index (χ1) is 8.11. The van der Waals surface area contributed by atoms with Gasteiger partial charge in [0.05, 0.1) is 12.2 Å². The van der Waals surface area contributed by atoms with Crippen LogP contribution in [0.5, 0.6) is 0 Å². The van der Waals surface area contributed by atoms with Gasteiger partial charge in [0.2, 0.25) is 0 Å². The Morgan fingerprint density at radius 1 is 1.47 bits per heavy atom. The van der Waals surface area contributed by atoms with E-state index < -0.39 is 6.29 Å². The van der Waals surface area contributed by atoms with Crippen LogP contribution in [0.3, 0.4) is 0 Å². The minimum absolute atomic E-state index is 0.196. The van der Waals surface area contributed by atoms with E-state index in [0.29, 0.717) is 12.2 Å². The molecule has 0 N–H and O–H groups in total. The summed E-state index contributed by atoms with van der Waals surface area (Å²) in [5.74, 6) is -0.339. The van der Waals surface area contributed by atoms with Gasteiger partial charge in [0, 0.05) is 10.0 Å². The number of carbonyl (C=O) groups is 1. The van der Waals surface area contributed by atoms with Crippen molar-refractivity contribution in [3.05, 3.63) is 33.8 Å². The summed E-state index contributed by atoms with van der Waals surface area (Å²) in [4.78, 5) is 11.6. The molecule has 0 amide bonds. The van der Waals surface area contributed by atoms with Crippen molar-refractivity contribution in [1.82, 2.24) is 0 Å². The molecule has 1 aromatic rings. The number of rotatable bonds is 3. The second kappa shape index (κ2) is 5.16. The van der Waals surface area contributed by atoms with E-state index in [-0.39, 0.29) is 12.3 Å². The number of halogens is 1. The molecule has 17 heavy (non-hydrogen) atoms. The normalized spacial score (nSPS) is 23.0. The van der Waals surface area contributed by atoms with Crippen LogP contribution in [0.25, 0.3) is 0 Å². The Balaban J connectivity index is 2.20. The molecule has 0 bridgehead atoms. The molecule has 4 nitrogen and oxygen atoms in total. The van der Waals surface area contributed by atoms with Crippen LogP contribution in [0.2, 0.25) is 0 Å². The lowest BCUT2D eigenvalue weighted by Crippen LogP contribution is -2.31. The zero-order chi connectivity index (χ0) is 12.4. The van der Waals surface area contributed by atoms with E-state index in [9.17, 15) is 4.79 Å². The Bertz CT molecular complexity index is 427. The third-order valence-electron chi connectivity index (χ3n) is 2.39. The van der Waals surface area contributed by atoms with Gasteiger partial charge in [-0.1, -0.05) is 15.9 Å². The standard InChI is InChI=1S/C12H13BrO4/c1-3-15-11(14)8-4-5-10(13)9(6-8)12-16-7(2)17-12/h4-7,12H,3H2,1-2H3. The zero-order valence-corrected chi connectivity index (χ0v) is 11.2. The molecule has 0 atom stereocenters. The molecule has 0 spiro atoms. The van der Waals surface area contributed by atoms with Crippen molar-refractivity contribution in [3.63, 3.8) is 0 Å². The lowest BCUT2D eigenvalue weighted by atomic mass is 10.1. The van der Waals surface area contributed by atoms with Gasteiger partial charge in [0.25, 0.3) is 0 Å². The highest BCUT2D eigenvalue weighted by atomic mass is 79.9. The summed E-state index contributed by atoms with van der Waals surface area (Å²) < 4.78 is 16.6. The fourth-order valence-corrected chi connectivity index (χ4v) is 2.00. The maximum absolute atomic E-state index is 11.6. The molecular formula is C12H13BrO4. The molecule has 0 aliphatic carbocycles. The molecule has 1 aromatic carbocycles. The zero-order valence-electron chi connectivity index (χ0n) is 9.60. The average molecular weight is 301 g/mol. The molecule has 0 aromatic heterocycles. The number of benzene rings is 1. The fourth-order valence-electron chi connectivity index (χ4n) is 1.57. The largest absolute Gasteiger partial charge is 0.462 e. The van der Waals surface area contributed by atoms with Crippen molar-refractivity contribution >= 4 is 21.9 Å². The van der Waals surface area contributed by atoms with E-state index in [4.69, 9.17) is 14.2 Å². The summed E-state index contributed by atoms with van der Waals surface area (Å²) in [7, 11) is 0. The summed E-state index contributed by atoms with van der Waals surface area (Å²) in [6.07, 6.45) is -0.605. The smallest absolute Gasteiger partial charge is 0.338 e. The third-order valence-corrected chi connectivity index (χ3v) is 3.11. The fraction of sp³-hybridized carbons (Fsp3) is 0.417. The molecule has 1 aliphatic rings. The molecule has 1 heterocycles. The number of carbonyl (C=O) groups excluding carboxylic acids is 1. The van der Waals surface area contributed by atoms with Crippen molar-refractivity contribution in [2.45, 2.75) is 26.4 Å². The van der Waals surface area contributed by atoms with Gasteiger partial charge in [-0.05, 0) is 32.0 Å².